The summed E-state index contributed by atoms with van der Waals surface area (Å²) < 4.78 is 12.7. The van der Waals surface area contributed by atoms with Crippen LogP contribution in [-0.2, 0) is 30.9 Å². The lowest BCUT2D eigenvalue weighted by Crippen LogP contribution is -2.37. The van der Waals surface area contributed by atoms with Gasteiger partial charge in [-0.1, -0.05) is 5.16 Å². The van der Waals surface area contributed by atoms with Crippen molar-refractivity contribution in [2.24, 2.45) is 0 Å². The van der Waals surface area contributed by atoms with Gasteiger partial charge in [-0.25, -0.2) is 4.68 Å². The summed E-state index contributed by atoms with van der Waals surface area (Å²) >= 11 is 0. The van der Waals surface area contributed by atoms with Crippen LogP contribution in [0.5, 0.6) is 0 Å². The molecule has 5 rings (SSSR count). The molecule has 2 aliphatic heterocycles. The third-order valence-corrected chi connectivity index (χ3v) is 5.79. The van der Waals surface area contributed by atoms with Gasteiger partial charge in [0, 0.05) is 36.6 Å². The molecule has 1 aliphatic carbocycles. The van der Waals surface area contributed by atoms with E-state index in [1.54, 1.807) is 10.7 Å². The zero-order chi connectivity index (χ0) is 17.5. The Morgan fingerprint density at radius 1 is 1.23 bits per heavy atom. The van der Waals surface area contributed by atoms with Crippen LogP contribution in [0, 0.1) is 0 Å². The van der Waals surface area contributed by atoms with Crippen LogP contribution in [0.25, 0.3) is 0 Å². The average molecular weight is 356 g/mol. The molecule has 1 saturated heterocycles. The first-order chi connectivity index (χ1) is 12.8. The van der Waals surface area contributed by atoms with E-state index < -0.39 is 0 Å². The van der Waals surface area contributed by atoms with Gasteiger partial charge < -0.3 is 9.26 Å². The summed E-state index contributed by atoms with van der Waals surface area (Å²) in [6.07, 6.45) is 5.41. The SMILES string of the molecule is O=c1ccc(C2CC2)nn1CC1CCCN1Cc1noc2c1COCC2. The summed E-state index contributed by atoms with van der Waals surface area (Å²) in [5.74, 6) is 1.53. The molecule has 2 fully saturated rings. The summed E-state index contributed by atoms with van der Waals surface area (Å²) in [6.45, 7) is 3.72. The van der Waals surface area contributed by atoms with Crippen LogP contribution in [-0.4, -0.2) is 39.0 Å². The fourth-order valence-electron chi connectivity index (χ4n) is 4.10. The zero-order valence-corrected chi connectivity index (χ0v) is 14.9. The lowest BCUT2D eigenvalue weighted by atomic mass is 10.1. The number of nitrogens with zero attached hydrogens (tertiary/aromatic N) is 4. The van der Waals surface area contributed by atoms with Gasteiger partial charge >= 0.3 is 0 Å². The van der Waals surface area contributed by atoms with Crippen LogP contribution in [0.3, 0.4) is 0 Å². The molecule has 3 aliphatic rings. The van der Waals surface area contributed by atoms with Crippen molar-refractivity contribution >= 4 is 0 Å². The molecule has 1 unspecified atom stereocenters. The van der Waals surface area contributed by atoms with Crippen LogP contribution in [0.4, 0.5) is 0 Å². The Labute approximate surface area is 151 Å². The van der Waals surface area contributed by atoms with Crippen molar-refractivity contribution in [1.82, 2.24) is 19.8 Å². The van der Waals surface area contributed by atoms with Crippen molar-refractivity contribution in [2.75, 3.05) is 13.2 Å². The van der Waals surface area contributed by atoms with E-state index in [2.05, 4.69) is 15.2 Å². The Balaban J connectivity index is 1.32. The molecule has 0 aromatic carbocycles. The lowest BCUT2D eigenvalue weighted by molar-refractivity contribution is 0.102. The fourth-order valence-corrected chi connectivity index (χ4v) is 4.10. The molecule has 26 heavy (non-hydrogen) atoms. The van der Waals surface area contributed by atoms with E-state index in [9.17, 15) is 4.79 Å². The number of likely N-dealkylation sites (tertiary alicyclic amines) is 1. The number of ether oxygens (including phenoxy) is 1. The minimum absolute atomic E-state index is 0.00605. The van der Waals surface area contributed by atoms with E-state index in [4.69, 9.17) is 9.26 Å². The first-order valence-corrected chi connectivity index (χ1v) is 9.64. The Bertz CT molecular complexity index is 855. The second-order valence-corrected chi connectivity index (χ2v) is 7.65. The highest BCUT2D eigenvalue weighted by Gasteiger charge is 2.30. The molecular formula is C19H24N4O3. The minimum atomic E-state index is -0.00605. The van der Waals surface area contributed by atoms with Crippen LogP contribution in [0.2, 0.25) is 0 Å². The second-order valence-electron chi connectivity index (χ2n) is 7.65. The van der Waals surface area contributed by atoms with Gasteiger partial charge in [-0.05, 0) is 38.3 Å². The van der Waals surface area contributed by atoms with Gasteiger partial charge in [0.25, 0.3) is 5.56 Å². The quantitative estimate of drug-likeness (QED) is 0.814. The van der Waals surface area contributed by atoms with Crippen LogP contribution >= 0.6 is 0 Å². The first-order valence-electron chi connectivity index (χ1n) is 9.64. The van der Waals surface area contributed by atoms with Gasteiger partial charge in [-0.3, -0.25) is 9.69 Å². The standard InChI is InChI=1S/C19H24N4O3/c24-19-6-5-16(13-3-4-13)20-23(19)10-14-2-1-8-22(14)11-17-15-12-25-9-7-18(15)26-21-17/h5-6,13-14H,1-4,7-12H2. The van der Waals surface area contributed by atoms with E-state index in [0.717, 1.165) is 55.1 Å². The number of hydrogen-bond acceptors (Lipinski definition) is 6. The topological polar surface area (TPSA) is 73.4 Å². The smallest absolute Gasteiger partial charge is 0.266 e. The number of aromatic nitrogens is 3. The highest BCUT2D eigenvalue weighted by atomic mass is 16.5. The van der Waals surface area contributed by atoms with Gasteiger partial charge in [0.1, 0.15) is 11.5 Å². The van der Waals surface area contributed by atoms with E-state index in [1.807, 2.05) is 6.07 Å². The van der Waals surface area contributed by atoms with Crippen molar-refractivity contribution in [3.8, 4) is 0 Å². The molecule has 7 heteroatoms. The molecule has 0 radical (unpaired) electrons. The highest BCUT2D eigenvalue weighted by Crippen LogP contribution is 2.38. The average Bonchev–Trinajstić information content (AvgIpc) is 3.30. The van der Waals surface area contributed by atoms with Crippen LogP contribution < -0.4 is 5.56 Å². The monoisotopic (exact) mass is 356 g/mol. The van der Waals surface area contributed by atoms with Gasteiger partial charge in [-0.15, -0.1) is 0 Å². The third-order valence-electron chi connectivity index (χ3n) is 5.79. The lowest BCUT2D eigenvalue weighted by Gasteiger charge is -2.24. The maximum absolute atomic E-state index is 12.3. The van der Waals surface area contributed by atoms with Gasteiger partial charge in [0.05, 0.1) is 25.5 Å². The number of hydrogen-bond donors (Lipinski definition) is 0. The molecule has 0 bridgehead atoms. The Morgan fingerprint density at radius 2 is 2.15 bits per heavy atom. The molecule has 0 N–H and O–H groups in total. The van der Waals surface area contributed by atoms with Crippen molar-refractivity contribution in [1.29, 1.82) is 0 Å². The molecule has 1 saturated carbocycles. The summed E-state index contributed by atoms with van der Waals surface area (Å²) in [6, 6.07) is 3.88. The van der Waals surface area contributed by atoms with Crippen molar-refractivity contribution in [3.05, 3.63) is 45.2 Å². The Morgan fingerprint density at radius 3 is 3.04 bits per heavy atom. The zero-order valence-electron chi connectivity index (χ0n) is 14.9. The minimum Gasteiger partial charge on any atom is -0.376 e. The largest absolute Gasteiger partial charge is 0.376 e. The highest BCUT2D eigenvalue weighted by molar-refractivity contribution is 5.24. The molecule has 4 heterocycles. The fraction of sp³-hybridized carbons (Fsp3) is 0.632. The van der Waals surface area contributed by atoms with Crippen molar-refractivity contribution in [3.63, 3.8) is 0 Å². The molecule has 0 amide bonds. The predicted molar refractivity (Wildman–Crippen MR) is 93.8 cm³/mol. The molecular weight excluding hydrogens is 332 g/mol. The molecule has 7 nitrogen and oxygen atoms in total. The summed E-state index contributed by atoms with van der Waals surface area (Å²) in [5, 5.41) is 8.91. The van der Waals surface area contributed by atoms with E-state index in [1.165, 1.54) is 12.8 Å². The van der Waals surface area contributed by atoms with E-state index in [0.29, 0.717) is 31.7 Å². The maximum Gasteiger partial charge on any atom is 0.266 e. The second kappa shape index (κ2) is 6.63. The molecule has 2 aromatic rings. The molecule has 0 spiro atoms. The van der Waals surface area contributed by atoms with Crippen molar-refractivity contribution < 1.29 is 9.26 Å². The molecule has 138 valence electrons. The van der Waals surface area contributed by atoms with Crippen molar-refractivity contribution in [2.45, 2.75) is 63.8 Å². The Kier molecular flexibility index (Phi) is 4.13. The summed E-state index contributed by atoms with van der Waals surface area (Å²) in [4.78, 5) is 14.7. The third kappa shape index (κ3) is 3.10. The predicted octanol–water partition coefficient (Wildman–Crippen LogP) is 1.85. The Hall–Kier alpha value is -1.99. The molecule has 2 aromatic heterocycles. The van der Waals surface area contributed by atoms with E-state index >= 15 is 0 Å². The number of fused-ring (bicyclic) bond motifs is 1. The van der Waals surface area contributed by atoms with E-state index in [-0.39, 0.29) is 5.56 Å². The van der Waals surface area contributed by atoms with Gasteiger partial charge in [-0.2, -0.15) is 5.10 Å². The molecule has 1 atom stereocenters. The maximum atomic E-state index is 12.3. The summed E-state index contributed by atoms with van der Waals surface area (Å²) in [7, 11) is 0. The number of rotatable bonds is 5. The summed E-state index contributed by atoms with van der Waals surface area (Å²) in [5.41, 5.74) is 3.16. The normalized spacial score (nSPS) is 23.3. The van der Waals surface area contributed by atoms with Gasteiger partial charge in [0.15, 0.2) is 0 Å². The van der Waals surface area contributed by atoms with Crippen LogP contribution in [0.15, 0.2) is 21.5 Å². The van der Waals surface area contributed by atoms with Gasteiger partial charge in [0.2, 0.25) is 0 Å². The van der Waals surface area contributed by atoms with Crippen LogP contribution in [0.1, 0.15) is 54.3 Å². The first kappa shape index (κ1) is 16.2.